The van der Waals surface area contributed by atoms with Crippen LogP contribution >= 0.6 is 0 Å². The molecule has 1 aliphatic heterocycles. The van der Waals surface area contributed by atoms with Crippen LogP contribution in [-0.2, 0) is 4.79 Å². The zero-order valence-corrected chi connectivity index (χ0v) is 10.8. The van der Waals surface area contributed by atoms with E-state index < -0.39 is 12.1 Å². The zero-order valence-electron chi connectivity index (χ0n) is 10.8. The third kappa shape index (κ3) is 3.09. The van der Waals surface area contributed by atoms with E-state index in [4.69, 9.17) is 5.73 Å². The van der Waals surface area contributed by atoms with Gasteiger partial charge in [-0.3, -0.25) is 4.79 Å². The maximum Gasteiger partial charge on any atom is 0.471 e. The molecule has 9 heteroatoms. The second kappa shape index (κ2) is 5.14. The van der Waals surface area contributed by atoms with Gasteiger partial charge in [0.2, 0.25) is 5.95 Å². The highest BCUT2D eigenvalue weighted by molar-refractivity contribution is 5.82. The topological polar surface area (TPSA) is 75.3 Å². The molecule has 1 aromatic heterocycles. The van der Waals surface area contributed by atoms with Gasteiger partial charge in [-0.05, 0) is 6.92 Å². The normalized spacial score (nSPS) is 16.4. The fourth-order valence-corrected chi connectivity index (χ4v) is 2.05. The van der Waals surface area contributed by atoms with E-state index in [0.29, 0.717) is 11.5 Å². The predicted octanol–water partition coefficient (Wildman–Crippen LogP) is 0.578. The Labute approximate surface area is 113 Å². The molecule has 1 amide bonds. The van der Waals surface area contributed by atoms with Gasteiger partial charge in [-0.25, -0.2) is 4.98 Å². The number of hydrogen-bond acceptors (Lipinski definition) is 5. The molecular weight excluding hydrogens is 275 g/mol. The molecule has 0 spiro atoms. The Morgan fingerprint density at radius 1 is 1.25 bits per heavy atom. The summed E-state index contributed by atoms with van der Waals surface area (Å²) in [5.41, 5.74) is 6.22. The first-order valence-corrected chi connectivity index (χ1v) is 5.99. The summed E-state index contributed by atoms with van der Waals surface area (Å²) in [6, 6.07) is 1.71. The number of nitrogens with zero attached hydrogens (tertiary/aromatic N) is 4. The Bertz CT molecular complexity index is 491. The largest absolute Gasteiger partial charge is 0.471 e. The van der Waals surface area contributed by atoms with Gasteiger partial charge in [0.05, 0.1) is 0 Å². The first kappa shape index (κ1) is 14.4. The summed E-state index contributed by atoms with van der Waals surface area (Å²) in [5.74, 6) is -1.11. The number of halogens is 3. The molecule has 1 aromatic rings. The smallest absolute Gasteiger partial charge is 0.368 e. The minimum Gasteiger partial charge on any atom is -0.368 e. The summed E-state index contributed by atoms with van der Waals surface area (Å²) >= 11 is 0. The molecule has 20 heavy (non-hydrogen) atoms. The number of alkyl halides is 3. The number of nitrogens with two attached hydrogens (primary N) is 1. The van der Waals surface area contributed by atoms with Crippen molar-refractivity contribution in [2.24, 2.45) is 0 Å². The van der Waals surface area contributed by atoms with Crippen LogP contribution in [0, 0.1) is 6.92 Å². The second-order valence-electron chi connectivity index (χ2n) is 4.50. The Balaban J connectivity index is 2.03. The van der Waals surface area contributed by atoms with Gasteiger partial charge >= 0.3 is 12.1 Å². The standard InChI is InChI=1S/C11H14F3N5O/c1-7-6-8(17-10(15)16-7)18-2-4-19(5-3-18)9(20)11(12,13)14/h6H,2-5H2,1H3,(H2,15,16,17). The lowest BCUT2D eigenvalue weighted by Gasteiger charge is -2.35. The van der Waals surface area contributed by atoms with Gasteiger partial charge in [-0.1, -0.05) is 0 Å². The van der Waals surface area contributed by atoms with Crippen molar-refractivity contribution in [3.63, 3.8) is 0 Å². The fourth-order valence-electron chi connectivity index (χ4n) is 2.05. The summed E-state index contributed by atoms with van der Waals surface area (Å²) in [5, 5.41) is 0. The van der Waals surface area contributed by atoms with Crippen LogP contribution in [0.2, 0.25) is 0 Å². The summed E-state index contributed by atoms with van der Waals surface area (Å²) in [6.07, 6.45) is -4.82. The number of amides is 1. The van der Waals surface area contributed by atoms with E-state index in [9.17, 15) is 18.0 Å². The molecule has 6 nitrogen and oxygen atoms in total. The molecule has 0 aromatic carbocycles. The van der Waals surface area contributed by atoms with Crippen LogP contribution in [0.3, 0.4) is 0 Å². The highest BCUT2D eigenvalue weighted by Gasteiger charge is 2.43. The molecule has 0 aliphatic carbocycles. The van der Waals surface area contributed by atoms with Gasteiger partial charge in [0.1, 0.15) is 5.82 Å². The van der Waals surface area contributed by atoms with Gasteiger partial charge in [-0.2, -0.15) is 18.2 Å². The van der Waals surface area contributed by atoms with Crippen molar-refractivity contribution in [2.45, 2.75) is 13.1 Å². The monoisotopic (exact) mass is 289 g/mol. The molecule has 0 unspecified atom stereocenters. The molecule has 1 saturated heterocycles. The Hall–Kier alpha value is -2.06. The number of aromatic nitrogens is 2. The number of aryl methyl sites for hydroxylation is 1. The lowest BCUT2D eigenvalue weighted by atomic mass is 10.3. The van der Waals surface area contributed by atoms with Crippen molar-refractivity contribution < 1.29 is 18.0 Å². The van der Waals surface area contributed by atoms with Gasteiger partial charge in [0.25, 0.3) is 0 Å². The number of carbonyl (C=O) groups excluding carboxylic acids is 1. The maximum atomic E-state index is 12.3. The van der Waals surface area contributed by atoms with E-state index in [1.807, 2.05) is 0 Å². The second-order valence-corrected chi connectivity index (χ2v) is 4.50. The van der Waals surface area contributed by atoms with Gasteiger partial charge in [-0.15, -0.1) is 0 Å². The lowest BCUT2D eigenvalue weighted by molar-refractivity contribution is -0.185. The molecule has 1 fully saturated rings. The average molecular weight is 289 g/mol. The molecule has 110 valence electrons. The van der Waals surface area contributed by atoms with Crippen LogP contribution in [0.4, 0.5) is 24.9 Å². The summed E-state index contributed by atoms with van der Waals surface area (Å²) in [6.45, 7) is 2.31. The third-order valence-electron chi connectivity index (χ3n) is 2.99. The number of carbonyl (C=O) groups is 1. The number of anilines is 2. The van der Waals surface area contributed by atoms with Crippen LogP contribution < -0.4 is 10.6 Å². The summed E-state index contributed by atoms with van der Waals surface area (Å²) in [7, 11) is 0. The molecule has 2 rings (SSSR count). The molecule has 0 radical (unpaired) electrons. The van der Waals surface area contributed by atoms with Crippen LogP contribution in [0.5, 0.6) is 0 Å². The van der Waals surface area contributed by atoms with E-state index >= 15 is 0 Å². The van der Waals surface area contributed by atoms with E-state index in [1.54, 1.807) is 17.9 Å². The van der Waals surface area contributed by atoms with Crippen molar-refractivity contribution >= 4 is 17.7 Å². The quantitative estimate of drug-likeness (QED) is 0.818. The molecule has 2 heterocycles. The van der Waals surface area contributed by atoms with Crippen LogP contribution in [0.1, 0.15) is 5.69 Å². The Morgan fingerprint density at radius 2 is 1.85 bits per heavy atom. The van der Waals surface area contributed by atoms with E-state index in [-0.39, 0.29) is 32.1 Å². The average Bonchev–Trinajstić information content (AvgIpc) is 2.36. The highest BCUT2D eigenvalue weighted by atomic mass is 19.4. The highest BCUT2D eigenvalue weighted by Crippen LogP contribution is 2.21. The van der Waals surface area contributed by atoms with E-state index in [0.717, 1.165) is 4.90 Å². The van der Waals surface area contributed by atoms with E-state index in [2.05, 4.69) is 9.97 Å². The number of rotatable bonds is 1. The van der Waals surface area contributed by atoms with Crippen molar-refractivity contribution in [1.82, 2.24) is 14.9 Å². The number of piperazine rings is 1. The lowest BCUT2D eigenvalue weighted by Crippen LogP contribution is -2.52. The van der Waals surface area contributed by atoms with Gasteiger partial charge in [0.15, 0.2) is 0 Å². The summed E-state index contributed by atoms with van der Waals surface area (Å²) in [4.78, 5) is 21.7. The van der Waals surface area contributed by atoms with Crippen LogP contribution in [0.25, 0.3) is 0 Å². The Kier molecular flexibility index (Phi) is 3.69. The number of hydrogen-bond donors (Lipinski definition) is 1. The predicted molar refractivity (Wildman–Crippen MR) is 66.0 cm³/mol. The Morgan fingerprint density at radius 3 is 2.35 bits per heavy atom. The third-order valence-corrected chi connectivity index (χ3v) is 2.99. The molecular formula is C11H14F3N5O. The first-order chi connectivity index (χ1) is 9.27. The van der Waals surface area contributed by atoms with E-state index in [1.165, 1.54) is 0 Å². The summed E-state index contributed by atoms with van der Waals surface area (Å²) < 4.78 is 37.0. The minimum absolute atomic E-state index is 0.00129. The minimum atomic E-state index is -4.82. The van der Waals surface area contributed by atoms with Gasteiger partial charge < -0.3 is 15.5 Å². The SMILES string of the molecule is Cc1cc(N2CCN(C(=O)C(F)(F)F)CC2)nc(N)n1. The van der Waals surface area contributed by atoms with Gasteiger partial charge in [0, 0.05) is 37.9 Å². The van der Waals surface area contributed by atoms with Crippen LogP contribution in [0.15, 0.2) is 6.07 Å². The van der Waals surface area contributed by atoms with Crippen molar-refractivity contribution in [3.8, 4) is 0 Å². The van der Waals surface area contributed by atoms with Crippen LogP contribution in [-0.4, -0.2) is 53.1 Å². The molecule has 0 atom stereocenters. The first-order valence-electron chi connectivity index (χ1n) is 5.99. The molecule has 0 saturated carbocycles. The fraction of sp³-hybridized carbons (Fsp3) is 0.545. The maximum absolute atomic E-state index is 12.3. The molecule has 1 aliphatic rings. The van der Waals surface area contributed by atoms with Crippen molar-refractivity contribution in [2.75, 3.05) is 36.8 Å². The van der Waals surface area contributed by atoms with Crippen molar-refractivity contribution in [3.05, 3.63) is 11.8 Å². The number of nitrogen functional groups attached to an aromatic ring is 1. The molecule has 2 N–H and O–H groups in total. The van der Waals surface area contributed by atoms with Crippen molar-refractivity contribution in [1.29, 1.82) is 0 Å². The zero-order chi connectivity index (χ0) is 14.9. The molecule has 0 bridgehead atoms.